The predicted octanol–water partition coefficient (Wildman–Crippen LogP) is 1.94. The molecule has 2 aromatic rings. The number of nitro groups is 2. The summed E-state index contributed by atoms with van der Waals surface area (Å²) in [7, 11) is 1.34. The van der Waals surface area contributed by atoms with Crippen molar-refractivity contribution in [2.24, 2.45) is 5.10 Å². The van der Waals surface area contributed by atoms with E-state index in [9.17, 15) is 39.7 Å². The van der Waals surface area contributed by atoms with Gasteiger partial charge in [-0.05, 0) is 31.5 Å². The number of allylic oxidation sites excluding steroid dienone is 1. The van der Waals surface area contributed by atoms with Crippen molar-refractivity contribution >= 4 is 35.5 Å². The Morgan fingerprint density at radius 2 is 1.90 bits per heavy atom. The van der Waals surface area contributed by atoms with Crippen LogP contribution in [-0.2, 0) is 14.3 Å². The number of nitrogens with zero attached hydrogens (tertiary/aromatic N) is 3. The van der Waals surface area contributed by atoms with Gasteiger partial charge in [-0.25, -0.2) is 15.0 Å². The molecule has 0 bridgehead atoms. The lowest BCUT2D eigenvalue weighted by molar-refractivity contribution is -0.394. The van der Waals surface area contributed by atoms with E-state index in [-0.39, 0.29) is 29.2 Å². The smallest absolute Gasteiger partial charge is 0.338 e. The number of nitrogens with one attached hydrogen (secondary N) is 3. The van der Waals surface area contributed by atoms with Crippen LogP contribution in [0.5, 0.6) is 17.2 Å². The number of hydrazone groups is 1. The van der Waals surface area contributed by atoms with E-state index >= 15 is 0 Å². The standard InChI is InChI=1S/C24H24N6O11/c1-4-40-23(33)20-12(2)26-24(34)27-21(20)13-5-6-17(18(8-13)39-3)41-11-19(31)28-25-10-14-7-15(29(35)36)9-16(22(14)32)30(37)38/h5-10,21,32H,4,11H2,1-3H3,(H,28,31)(H2,26,27,34)/b25-10-/t21-/m0/s1. The minimum atomic E-state index is -1.00. The maximum atomic E-state index is 12.5. The highest BCUT2D eigenvalue weighted by atomic mass is 16.6. The van der Waals surface area contributed by atoms with Gasteiger partial charge in [0.15, 0.2) is 18.1 Å². The van der Waals surface area contributed by atoms with Crippen molar-refractivity contribution in [3.63, 3.8) is 0 Å². The second-order valence-electron chi connectivity index (χ2n) is 8.20. The zero-order valence-corrected chi connectivity index (χ0v) is 21.8. The van der Waals surface area contributed by atoms with Gasteiger partial charge in [-0.1, -0.05) is 6.07 Å². The number of ether oxygens (including phenoxy) is 3. The van der Waals surface area contributed by atoms with Crippen molar-refractivity contribution in [2.75, 3.05) is 20.3 Å². The number of hydrogen-bond donors (Lipinski definition) is 4. The van der Waals surface area contributed by atoms with Gasteiger partial charge in [-0.3, -0.25) is 25.0 Å². The normalized spacial score (nSPS) is 14.6. The number of urea groups is 1. The number of benzene rings is 2. The minimum absolute atomic E-state index is 0.126. The van der Waals surface area contributed by atoms with E-state index in [2.05, 4.69) is 21.2 Å². The number of hydrogen-bond acceptors (Lipinski definition) is 12. The van der Waals surface area contributed by atoms with E-state index in [0.29, 0.717) is 17.3 Å². The lowest BCUT2D eigenvalue weighted by atomic mass is 9.95. The number of aromatic hydroxyl groups is 1. The van der Waals surface area contributed by atoms with Crippen molar-refractivity contribution in [3.05, 3.63) is 73.0 Å². The molecule has 4 N–H and O–H groups in total. The van der Waals surface area contributed by atoms with Crippen molar-refractivity contribution in [1.82, 2.24) is 16.1 Å². The SMILES string of the molecule is CCOC(=O)C1=C(C)NC(=O)N[C@H]1c1ccc(OCC(=O)N/N=C\c2cc([N+](=O)[O-])cc([N+](=O)[O-])c2O)c(OC)c1. The molecule has 0 fully saturated rings. The molecule has 1 aliphatic rings. The molecule has 41 heavy (non-hydrogen) atoms. The average molecular weight is 572 g/mol. The van der Waals surface area contributed by atoms with Crippen LogP contribution >= 0.6 is 0 Å². The zero-order chi connectivity index (χ0) is 30.3. The Labute approximate surface area is 231 Å². The summed E-state index contributed by atoms with van der Waals surface area (Å²) in [5.74, 6) is -1.99. The van der Waals surface area contributed by atoms with Crippen LogP contribution in [0.2, 0.25) is 0 Å². The number of carbonyl (C=O) groups excluding carboxylic acids is 3. The first kappa shape index (κ1) is 29.8. The Balaban J connectivity index is 1.72. The monoisotopic (exact) mass is 572 g/mol. The molecule has 2 aromatic carbocycles. The molecule has 17 heteroatoms. The molecule has 0 saturated carbocycles. The molecule has 1 aliphatic heterocycles. The van der Waals surface area contributed by atoms with Crippen molar-refractivity contribution < 1.29 is 43.5 Å². The summed E-state index contributed by atoms with van der Waals surface area (Å²) >= 11 is 0. The fraction of sp³-hybridized carbons (Fsp3) is 0.250. The summed E-state index contributed by atoms with van der Waals surface area (Å²) in [5, 5.41) is 40.8. The summed E-state index contributed by atoms with van der Waals surface area (Å²) in [6.45, 7) is 2.77. The van der Waals surface area contributed by atoms with E-state index in [0.717, 1.165) is 12.3 Å². The van der Waals surface area contributed by atoms with E-state index in [1.54, 1.807) is 19.9 Å². The highest BCUT2D eigenvalue weighted by Crippen LogP contribution is 2.35. The van der Waals surface area contributed by atoms with Gasteiger partial charge in [-0.15, -0.1) is 0 Å². The molecule has 0 radical (unpaired) electrons. The largest absolute Gasteiger partial charge is 0.502 e. The van der Waals surface area contributed by atoms with Crippen LogP contribution in [0.3, 0.4) is 0 Å². The van der Waals surface area contributed by atoms with Crippen LogP contribution in [0.4, 0.5) is 16.2 Å². The fourth-order valence-corrected chi connectivity index (χ4v) is 3.72. The van der Waals surface area contributed by atoms with Crippen LogP contribution in [0, 0.1) is 20.2 Å². The molecule has 1 atom stereocenters. The predicted molar refractivity (Wildman–Crippen MR) is 139 cm³/mol. The molecule has 0 aromatic heterocycles. The molecular formula is C24H24N6O11. The van der Waals surface area contributed by atoms with E-state index in [1.807, 2.05) is 0 Å². The molecule has 1 heterocycles. The van der Waals surface area contributed by atoms with E-state index < -0.39 is 57.5 Å². The number of phenols is 1. The van der Waals surface area contributed by atoms with Gasteiger partial charge < -0.3 is 30.0 Å². The molecule has 3 amide bonds. The molecule has 0 unspecified atom stereocenters. The van der Waals surface area contributed by atoms with E-state index in [1.165, 1.54) is 19.2 Å². The number of methoxy groups -OCH3 is 1. The maximum absolute atomic E-state index is 12.5. The number of amides is 3. The van der Waals surface area contributed by atoms with E-state index in [4.69, 9.17) is 14.2 Å². The number of non-ortho nitro benzene ring substituents is 1. The van der Waals surface area contributed by atoms with Crippen molar-refractivity contribution in [2.45, 2.75) is 19.9 Å². The third-order valence-corrected chi connectivity index (χ3v) is 5.55. The fourth-order valence-electron chi connectivity index (χ4n) is 3.72. The van der Waals surface area contributed by atoms with Crippen LogP contribution < -0.4 is 25.5 Å². The van der Waals surface area contributed by atoms with Crippen LogP contribution in [0.15, 0.2) is 46.7 Å². The Bertz CT molecular complexity index is 1470. The Morgan fingerprint density at radius 3 is 2.54 bits per heavy atom. The Kier molecular flexibility index (Phi) is 9.36. The summed E-state index contributed by atoms with van der Waals surface area (Å²) in [6.07, 6.45) is 0.798. The second-order valence-corrected chi connectivity index (χ2v) is 8.20. The third kappa shape index (κ3) is 7.02. The van der Waals surface area contributed by atoms with Crippen LogP contribution in [0.1, 0.15) is 31.0 Å². The number of nitro benzene ring substituents is 2. The Hall–Kier alpha value is -5.74. The molecule has 3 rings (SSSR count). The molecule has 0 aliphatic carbocycles. The third-order valence-electron chi connectivity index (χ3n) is 5.55. The second kappa shape index (κ2) is 12.9. The van der Waals surface area contributed by atoms with Gasteiger partial charge in [0, 0.05) is 11.8 Å². The first-order chi connectivity index (χ1) is 19.5. The number of carbonyl (C=O) groups is 3. The average Bonchev–Trinajstić information content (AvgIpc) is 2.92. The van der Waals surface area contributed by atoms with Gasteiger partial charge in [0.25, 0.3) is 11.6 Å². The van der Waals surface area contributed by atoms with Gasteiger partial charge in [0.05, 0.1) is 53.0 Å². The first-order valence-electron chi connectivity index (χ1n) is 11.7. The summed E-state index contributed by atoms with van der Waals surface area (Å²) < 4.78 is 15.9. The molecule has 17 nitrogen and oxygen atoms in total. The highest BCUT2D eigenvalue weighted by molar-refractivity contribution is 5.95. The topological polar surface area (TPSA) is 234 Å². The summed E-state index contributed by atoms with van der Waals surface area (Å²) in [4.78, 5) is 57.0. The molecule has 0 saturated heterocycles. The first-order valence-corrected chi connectivity index (χ1v) is 11.7. The van der Waals surface area contributed by atoms with Gasteiger partial charge in [-0.2, -0.15) is 5.10 Å². The zero-order valence-electron chi connectivity index (χ0n) is 21.8. The summed E-state index contributed by atoms with van der Waals surface area (Å²) in [6, 6.07) is 4.56. The number of esters is 1. The summed E-state index contributed by atoms with van der Waals surface area (Å²) in [5.41, 5.74) is 1.10. The van der Waals surface area contributed by atoms with Crippen molar-refractivity contribution in [3.8, 4) is 17.2 Å². The number of phenolic OH excluding ortho intramolecular Hbond substituents is 1. The maximum Gasteiger partial charge on any atom is 0.338 e. The Morgan fingerprint density at radius 1 is 1.17 bits per heavy atom. The molecule has 216 valence electrons. The number of rotatable bonds is 11. The molecule has 0 spiro atoms. The highest BCUT2D eigenvalue weighted by Gasteiger charge is 2.32. The molecular weight excluding hydrogens is 548 g/mol. The van der Waals surface area contributed by atoms with Gasteiger partial charge in [0.1, 0.15) is 0 Å². The quantitative estimate of drug-likeness (QED) is 0.131. The van der Waals surface area contributed by atoms with Gasteiger partial charge in [0.2, 0.25) is 5.75 Å². The van der Waals surface area contributed by atoms with Gasteiger partial charge >= 0.3 is 17.7 Å². The lowest BCUT2D eigenvalue weighted by Crippen LogP contribution is -2.45. The van der Waals surface area contributed by atoms with Crippen molar-refractivity contribution in [1.29, 1.82) is 0 Å². The van der Waals surface area contributed by atoms with Crippen LogP contribution in [0.25, 0.3) is 0 Å². The van der Waals surface area contributed by atoms with Crippen LogP contribution in [-0.4, -0.2) is 59.4 Å². The lowest BCUT2D eigenvalue weighted by Gasteiger charge is -2.28. The minimum Gasteiger partial charge on any atom is -0.502 e.